The minimum absolute atomic E-state index is 0.0724. The molecule has 4 aliphatic rings. The number of allylic oxidation sites excluding steroid dienone is 2. The van der Waals surface area contributed by atoms with Gasteiger partial charge in [0.05, 0.1) is 18.8 Å². The molecule has 1 saturated carbocycles. The molecular weight excluding hydrogens is 368 g/mol. The Kier molecular flexibility index (Phi) is 7.13. The van der Waals surface area contributed by atoms with Gasteiger partial charge in [0.25, 0.3) is 5.97 Å². The SMILES string of the molecule is CC=CCCCC12OCC(C)(CO1)C(C1(O[Si](CC)(CC)CC)CCCC1)O2. The Labute approximate surface area is 173 Å². The highest BCUT2D eigenvalue weighted by molar-refractivity contribution is 6.73. The van der Waals surface area contributed by atoms with E-state index in [1.807, 2.05) is 0 Å². The summed E-state index contributed by atoms with van der Waals surface area (Å²) in [5, 5.41) is 0. The summed E-state index contributed by atoms with van der Waals surface area (Å²) in [5.41, 5.74) is -0.268. The third-order valence-electron chi connectivity index (χ3n) is 7.54. The summed E-state index contributed by atoms with van der Waals surface area (Å²) in [5.74, 6) is -0.863. The number of fused-ring (bicyclic) bond motifs is 3. The molecule has 0 N–H and O–H groups in total. The van der Waals surface area contributed by atoms with Crippen LogP contribution in [0.25, 0.3) is 0 Å². The van der Waals surface area contributed by atoms with Gasteiger partial charge < -0.3 is 18.6 Å². The molecule has 4 fully saturated rings. The Hall–Kier alpha value is -0.203. The van der Waals surface area contributed by atoms with Crippen molar-refractivity contribution in [3.63, 3.8) is 0 Å². The highest BCUT2D eigenvalue weighted by Gasteiger charge is 2.63. The van der Waals surface area contributed by atoms with E-state index in [0.29, 0.717) is 13.2 Å². The Bertz CT molecular complexity index is 520. The first-order chi connectivity index (χ1) is 13.4. The van der Waals surface area contributed by atoms with Crippen molar-refractivity contribution in [1.82, 2.24) is 0 Å². The van der Waals surface area contributed by atoms with Crippen LogP contribution in [0.2, 0.25) is 18.1 Å². The lowest BCUT2D eigenvalue weighted by atomic mass is 9.73. The first-order valence-electron chi connectivity index (χ1n) is 11.7. The van der Waals surface area contributed by atoms with Gasteiger partial charge in [-0.1, -0.05) is 52.7 Å². The van der Waals surface area contributed by atoms with Crippen LogP contribution in [0.4, 0.5) is 0 Å². The summed E-state index contributed by atoms with van der Waals surface area (Å²) in [4.78, 5) is 0. The molecule has 28 heavy (non-hydrogen) atoms. The number of unbranched alkanes of at least 4 members (excludes halogenated alkanes) is 1. The predicted molar refractivity (Wildman–Crippen MR) is 116 cm³/mol. The fourth-order valence-corrected chi connectivity index (χ4v) is 8.62. The second-order valence-corrected chi connectivity index (χ2v) is 14.2. The summed E-state index contributed by atoms with van der Waals surface area (Å²) >= 11 is 0. The van der Waals surface area contributed by atoms with Crippen LogP contribution < -0.4 is 0 Å². The molecule has 1 atom stereocenters. The molecule has 3 aliphatic heterocycles. The maximum absolute atomic E-state index is 7.27. The predicted octanol–water partition coefficient (Wildman–Crippen LogP) is 6.17. The molecule has 0 aromatic carbocycles. The molecule has 0 spiro atoms. The number of hydrogen-bond acceptors (Lipinski definition) is 4. The molecule has 3 saturated heterocycles. The summed E-state index contributed by atoms with van der Waals surface area (Å²) in [6, 6.07) is 3.56. The van der Waals surface area contributed by atoms with E-state index >= 15 is 0 Å². The van der Waals surface area contributed by atoms with Crippen LogP contribution in [0, 0.1) is 5.41 Å². The zero-order chi connectivity index (χ0) is 20.3. The van der Waals surface area contributed by atoms with Crippen molar-refractivity contribution >= 4 is 8.32 Å². The monoisotopic (exact) mass is 410 g/mol. The van der Waals surface area contributed by atoms with E-state index in [4.69, 9.17) is 18.6 Å². The van der Waals surface area contributed by atoms with Crippen molar-refractivity contribution in [3.05, 3.63) is 12.2 Å². The van der Waals surface area contributed by atoms with Crippen molar-refractivity contribution in [2.75, 3.05) is 13.2 Å². The fourth-order valence-electron chi connectivity index (χ4n) is 5.51. The Morgan fingerprint density at radius 1 is 1.04 bits per heavy atom. The highest BCUT2D eigenvalue weighted by Crippen LogP contribution is 2.54. The van der Waals surface area contributed by atoms with Gasteiger partial charge in [0, 0.05) is 11.8 Å². The molecule has 1 aliphatic carbocycles. The molecule has 3 heterocycles. The molecule has 4 nitrogen and oxygen atoms in total. The smallest absolute Gasteiger partial charge is 0.283 e. The van der Waals surface area contributed by atoms with E-state index in [1.165, 1.54) is 31.0 Å². The van der Waals surface area contributed by atoms with Crippen LogP contribution >= 0.6 is 0 Å². The topological polar surface area (TPSA) is 36.9 Å². The zero-order valence-corrected chi connectivity index (χ0v) is 19.9. The van der Waals surface area contributed by atoms with Gasteiger partial charge in [-0.25, -0.2) is 0 Å². The number of rotatable bonds is 10. The van der Waals surface area contributed by atoms with Crippen LogP contribution in [0.15, 0.2) is 12.2 Å². The summed E-state index contributed by atoms with van der Waals surface area (Å²) < 4.78 is 26.4. The van der Waals surface area contributed by atoms with Gasteiger partial charge in [0.2, 0.25) is 0 Å². The Morgan fingerprint density at radius 2 is 1.64 bits per heavy atom. The molecule has 1 unspecified atom stereocenters. The molecule has 2 bridgehead atoms. The van der Waals surface area contributed by atoms with Gasteiger partial charge in [-0.3, -0.25) is 0 Å². The fraction of sp³-hybridized carbons (Fsp3) is 0.913. The van der Waals surface area contributed by atoms with Crippen LogP contribution in [0.3, 0.4) is 0 Å². The molecule has 4 rings (SSSR count). The second kappa shape index (κ2) is 8.89. The van der Waals surface area contributed by atoms with E-state index in [9.17, 15) is 0 Å². The highest BCUT2D eigenvalue weighted by atomic mass is 28.4. The van der Waals surface area contributed by atoms with E-state index < -0.39 is 14.3 Å². The number of ether oxygens (including phenoxy) is 3. The average molecular weight is 411 g/mol. The van der Waals surface area contributed by atoms with Gasteiger partial charge in [0.15, 0.2) is 8.32 Å². The maximum atomic E-state index is 7.27. The molecule has 0 aromatic rings. The first kappa shape index (κ1) is 22.5. The van der Waals surface area contributed by atoms with Gasteiger partial charge in [-0.05, 0) is 50.7 Å². The molecule has 0 radical (unpaired) electrons. The molecule has 0 aromatic heterocycles. The largest absolute Gasteiger partial charge is 0.409 e. The third kappa shape index (κ3) is 4.15. The van der Waals surface area contributed by atoms with E-state index in [1.54, 1.807) is 0 Å². The van der Waals surface area contributed by atoms with Crippen molar-refractivity contribution in [2.45, 2.75) is 115 Å². The van der Waals surface area contributed by atoms with Crippen LogP contribution in [0.1, 0.15) is 79.6 Å². The van der Waals surface area contributed by atoms with Gasteiger partial charge in [0.1, 0.15) is 6.10 Å². The van der Waals surface area contributed by atoms with Gasteiger partial charge in [-0.2, -0.15) is 0 Å². The molecule has 5 heteroatoms. The van der Waals surface area contributed by atoms with Crippen LogP contribution in [0.5, 0.6) is 0 Å². The minimum atomic E-state index is -1.73. The Morgan fingerprint density at radius 3 is 2.18 bits per heavy atom. The van der Waals surface area contributed by atoms with Gasteiger partial charge >= 0.3 is 0 Å². The van der Waals surface area contributed by atoms with E-state index in [-0.39, 0.29) is 17.1 Å². The van der Waals surface area contributed by atoms with Crippen LogP contribution in [-0.4, -0.2) is 39.2 Å². The van der Waals surface area contributed by atoms with Crippen molar-refractivity contribution in [3.8, 4) is 0 Å². The normalized spacial score (nSPS) is 35.1. The lowest BCUT2D eigenvalue weighted by Crippen LogP contribution is -2.70. The number of hydrogen-bond donors (Lipinski definition) is 0. The molecule has 0 amide bonds. The quantitative estimate of drug-likeness (QED) is 0.245. The van der Waals surface area contributed by atoms with Gasteiger partial charge in [-0.15, -0.1) is 0 Å². The molecular formula is C23H42O4Si. The minimum Gasteiger partial charge on any atom is -0.409 e. The summed E-state index contributed by atoms with van der Waals surface area (Å²) in [7, 11) is -1.73. The standard InChI is InChI=1S/C23H42O4Si/c1-6-10-11-12-17-23-24-18-21(5,19-25-23)20(26-23)22(15-13-14-16-22)27-28(7-2,8-3)9-4/h6,10,20H,7-9,11-19H2,1-5H3. The zero-order valence-electron chi connectivity index (χ0n) is 18.9. The average Bonchev–Trinajstić information content (AvgIpc) is 3.20. The summed E-state index contributed by atoms with van der Waals surface area (Å²) in [6.45, 7) is 12.7. The second-order valence-electron chi connectivity index (χ2n) is 9.49. The van der Waals surface area contributed by atoms with E-state index in [0.717, 1.165) is 32.1 Å². The maximum Gasteiger partial charge on any atom is 0.283 e. The van der Waals surface area contributed by atoms with Crippen molar-refractivity contribution < 1.29 is 18.6 Å². The lowest BCUT2D eigenvalue weighted by molar-refractivity contribution is -0.500. The van der Waals surface area contributed by atoms with Crippen molar-refractivity contribution in [1.29, 1.82) is 0 Å². The molecule has 162 valence electrons. The third-order valence-corrected chi connectivity index (χ3v) is 12.2. The van der Waals surface area contributed by atoms with E-state index in [2.05, 4.69) is 46.8 Å². The Balaban J connectivity index is 1.83. The lowest BCUT2D eigenvalue weighted by Gasteiger charge is -2.60. The first-order valence-corrected chi connectivity index (χ1v) is 14.2. The van der Waals surface area contributed by atoms with Crippen LogP contribution in [-0.2, 0) is 18.6 Å². The van der Waals surface area contributed by atoms with Crippen molar-refractivity contribution in [2.24, 2.45) is 5.41 Å². The summed E-state index contributed by atoms with van der Waals surface area (Å²) in [6.07, 6.45) is 12.0.